The van der Waals surface area contributed by atoms with Crippen LogP contribution in [0.4, 0.5) is 0 Å². The van der Waals surface area contributed by atoms with Gasteiger partial charge in [-0.2, -0.15) is 0 Å². The first kappa shape index (κ1) is 105. The number of benzene rings is 1. The number of guanidine groups is 7. The van der Waals surface area contributed by atoms with Crippen LogP contribution in [0, 0.1) is 43.8 Å². The van der Waals surface area contributed by atoms with Crippen molar-refractivity contribution in [2.45, 2.75) is 190 Å². The molecule has 0 heterocycles. The number of carboxylic acids is 1. The zero-order valence-electron chi connectivity index (χ0n) is 67.6. The molecule has 0 bridgehead atoms. The molecule has 1 aromatic rings. The molecule has 0 aliphatic rings. The topological polar surface area (TPSA) is 895 Å². The molecule has 0 unspecified atom stereocenters. The van der Waals surface area contributed by atoms with Crippen molar-refractivity contribution >= 4 is 124 Å². The Labute approximate surface area is 693 Å². The molecule has 13 amide bonds. The number of carbonyl (C=O) groups excluding carboxylic acids is 13. The third-order valence-electron chi connectivity index (χ3n) is 17.6. The number of carbonyl (C=O) groups is 14. The van der Waals surface area contributed by atoms with Crippen LogP contribution < -0.4 is 152 Å². The lowest BCUT2D eigenvalue weighted by molar-refractivity contribution is -0.142. The lowest BCUT2D eigenvalue weighted by atomic mass is 9.97. The Morgan fingerprint density at radius 1 is 0.325 bits per heavy atom. The number of rotatable bonds is 60. The Hall–Kier alpha value is -13.4. The van der Waals surface area contributed by atoms with Gasteiger partial charge in [0.1, 0.15) is 54.4 Å². The largest absolute Gasteiger partial charge is 0.480 e. The second kappa shape index (κ2) is 58.5. The number of aliphatic hydroxyl groups excluding tert-OH is 1. The van der Waals surface area contributed by atoms with Crippen LogP contribution in [0.3, 0.4) is 0 Å². The van der Waals surface area contributed by atoms with Gasteiger partial charge in [-0.05, 0) is 108 Å². The highest BCUT2D eigenvalue weighted by Crippen LogP contribution is 2.13. The second-order valence-corrected chi connectivity index (χ2v) is 27.6. The number of nitrogens with one attached hydrogen (secondary N) is 27. The lowest BCUT2D eigenvalue weighted by Gasteiger charge is -2.27. The van der Waals surface area contributed by atoms with Gasteiger partial charge in [-0.15, -0.1) is 0 Å². The van der Waals surface area contributed by atoms with E-state index in [1.807, 2.05) is 0 Å². The summed E-state index contributed by atoms with van der Waals surface area (Å²) in [4.78, 5) is 192. The first-order valence-corrected chi connectivity index (χ1v) is 38.7. The van der Waals surface area contributed by atoms with Crippen LogP contribution in [0.15, 0.2) is 30.3 Å². The number of nitrogens with two attached hydrogens (primary N) is 8. The molecule has 0 saturated carbocycles. The first-order chi connectivity index (χ1) is 56.6. The fourth-order valence-corrected chi connectivity index (χ4v) is 11.1. The predicted octanol–water partition coefficient (Wildman–Crippen LogP) is -12.3. The summed E-state index contributed by atoms with van der Waals surface area (Å²) in [5.41, 5.74) is 44.4. The minimum atomic E-state index is -1.83. The average Bonchev–Trinajstić information content (AvgIpc) is 0.855. The van der Waals surface area contributed by atoms with Crippen molar-refractivity contribution in [1.82, 2.24) is 106 Å². The summed E-state index contributed by atoms with van der Waals surface area (Å²) in [6, 6.07) is -5.88. The molecule has 0 aliphatic heterocycles. The van der Waals surface area contributed by atoms with E-state index in [0.717, 1.165) is 6.92 Å². The quantitative estimate of drug-likeness (QED) is 0.0164. The van der Waals surface area contributed by atoms with Crippen LogP contribution in [-0.2, 0) is 73.5 Å². The molecule has 45 N–H and O–H groups in total. The van der Waals surface area contributed by atoms with Crippen molar-refractivity contribution in [3.05, 3.63) is 35.9 Å². The van der Waals surface area contributed by atoms with E-state index in [0.29, 0.717) is 18.4 Å². The average molecular weight is 1700 g/mol. The highest BCUT2D eigenvalue weighted by Gasteiger charge is 2.36. The van der Waals surface area contributed by atoms with Crippen LogP contribution in [0.2, 0.25) is 0 Å². The minimum Gasteiger partial charge on any atom is -0.480 e. The molecule has 1 aromatic carbocycles. The van der Waals surface area contributed by atoms with Crippen molar-refractivity contribution in [2.24, 2.45) is 51.8 Å². The number of carboxylic acid groups (broad SMARTS) is 1. The van der Waals surface area contributed by atoms with E-state index in [2.05, 4.69) is 106 Å². The smallest absolute Gasteiger partial charge is 0.326 e. The number of hydrogen-bond acceptors (Lipinski definition) is 23. The lowest BCUT2D eigenvalue weighted by Crippen LogP contribution is -2.59. The van der Waals surface area contributed by atoms with E-state index < -0.39 is 205 Å². The fourth-order valence-electron chi connectivity index (χ4n) is 11.1. The summed E-state index contributed by atoms with van der Waals surface area (Å²) in [5, 5.41) is 123. The van der Waals surface area contributed by atoms with E-state index >= 15 is 0 Å². The third-order valence-corrected chi connectivity index (χ3v) is 17.6. The molecule has 1 rings (SSSR count). The first-order valence-electron chi connectivity index (χ1n) is 38.7. The van der Waals surface area contributed by atoms with Gasteiger partial charge in [0.2, 0.25) is 76.8 Å². The van der Waals surface area contributed by atoms with Crippen molar-refractivity contribution < 1.29 is 77.3 Å². The third kappa shape index (κ3) is 47.6. The Balaban J connectivity index is 3.43. The van der Waals surface area contributed by atoms with Gasteiger partial charge in [-0.1, -0.05) is 50.6 Å². The molecule has 672 valence electrons. The summed E-state index contributed by atoms with van der Waals surface area (Å²) in [7, 11) is 0. The number of hydrogen-bond donors (Lipinski definition) is 37. The molecule has 0 spiro atoms. The van der Waals surface area contributed by atoms with Crippen molar-refractivity contribution in [3.8, 4) is 0 Å². The Kier molecular flexibility index (Phi) is 51.0. The molecule has 0 aromatic heterocycles. The van der Waals surface area contributed by atoms with Crippen LogP contribution in [0.25, 0.3) is 0 Å². The molecule has 51 nitrogen and oxygen atoms in total. The van der Waals surface area contributed by atoms with Crippen LogP contribution in [-0.4, -0.2) is 273 Å². The van der Waals surface area contributed by atoms with Crippen molar-refractivity contribution in [2.75, 3.05) is 72.0 Å². The Bertz CT molecular complexity index is 3620. The minimum absolute atomic E-state index is 0.00618. The molecule has 12 atom stereocenters. The predicted molar refractivity (Wildman–Crippen MR) is 440 cm³/mol. The van der Waals surface area contributed by atoms with Crippen LogP contribution >= 0.6 is 0 Å². The van der Waals surface area contributed by atoms with Gasteiger partial charge in [0.15, 0.2) is 41.7 Å². The molecular weight excluding hydrogens is 1570 g/mol. The summed E-state index contributed by atoms with van der Waals surface area (Å²) in [6.45, 7) is 1.60. The SMILES string of the molecule is CC[C@H](C)[C@H](NC(=O)CNC(=O)[C@H](CCCNC(=N)N)NC(=O)[C@H](CCCNC(=N)N)NC(=O)CNC(=O)[C@H](CCCNC(=N)N)NC(=O)CNC(=O)[C@@H](NC(=O)[C@H](CCCNC(=N)N)NC(=O)CNC(=O)[C@H](CCCNC(=N)N)NC(=O)[C@@H](N)CCCNC(=N)N)[C@@H](C)O)C(=O)N[C@@H](Cc1ccccc1)C(=O)N[C@@H](CCCNC(=N)N)C(=O)O. The maximum absolute atomic E-state index is 14.3. The summed E-state index contributed by atoms with van der Waals surface area (Å²) >= 11 is 0. The molecule has 51 heteroatoms. The van der Waals surface area contributed by atoms with E-state index in [9.17, 15) is 77.3 Å². The molecule has 0 radical (unpaired) electrons. The van der Waals surface area contributed by atoms with Crippen LogP contribution in [0.5, 0.6) is 0 Å². The normalized spacial score (nSPS) is 13.7. The highest BCUT2D eigenvalue weighted by molar-refractivity contribution is 5.99. The zero-order chi connectivity index (χ0) is 90.4. The molecule has 0 fully saturated rings. The van der Waals surface area contributed by atoms with Gasteiger partial charge in [-0.3, -0.25) is 100 Å². The van der Waals surface area contributed by atoms with E-state index in [1.165, 1.54) is 0 Å². The summed E-state index contributed by atoms with van der Waals surface area (Å²) in [6.07, 6.45) is -1.36. The second-order valence-electron chi connectivity index (χ2n) is 27.6. The van der Waals surface area contributed by atoms with E-state index in [4.69, 9.17) is 83.7 Å². The summed E-state index contributed by atoms with van der Waals surface area (Å²) in [5.74, 6) is -17.0. The highest BCUT2D eigenvalue weighted by atomic mass is 16.4. The van der Waals surface area contributed by atoms with E-state index in [-0.39, 0.29) is 154 Å². The van der Waals surface area contributed by atoms with Gasteiger partial charge in [0.25, 0.3) is 0 Å². The standard InChI is InChI=1S/C69H125N35O16/c1-4-36(2)51(61(118)102-46(31-38-15-6-5-7-16-38)59(116)101-45(62(119)120)23-14-30-91-69(83)84)103-50(109)35-94-56(113)42(20-11-27-88-66(77)78)100-57(114)43(21-12-28-89-67(79)80)97-47(106)32-92-54(111)40(18-9-25-86-64(73)74)96-49(108)34-95-60(117)52(37(3)105)104-58(115)44(22-13-29-90-68(81)82)98-48(107)33-93-55(112)41(19-10-26-87-65(75)76)99-53(110)39(70)17-8-24-85-63(71)72/h5-7,15-16,36-37,39-46,51-52,105H,4,8-14,17-35,70H2,1-3H3,(H,92,111)(H,93,112)(H,94,113)(H,95,117)(H,96,108)(H,97,106)(H,98,107)(H,99,110)(H,100,114)(H,101,116)(H,102,118)(H,103,109)(H,104,115)(H,119,120)(H4,71,72,85)(H4,73,74,86)(H4,75,76,87)(H4,77,78,88)(H4,79,80,89)(H4,81,82,90)(H4,83,84,91)/t36-,37+,39-,40-,41-,42-,43-,44-,45-,46-,51-,52-/m0/s1. The monoisotopic (exact) mass is 1700 g/mol. The summed E-state index contributed by atoms with van der Waals surface area (Å²) < 4.78 is 0. The van der Waals surface area contributed by atoms with Gasteiger partial charge in [0, 0.05) is 52.2 Å². The Morgan fingerprint density at radius 3 is 0.933 bits per heavy atom. The maximum atomic E-state index is 14.3. The maximum Gasteiger partial charge on any atom is 0.326 e. The van der Waals surface area contributed by atoms with Crippen LogP contribution in [0.1, 0.15) is 123 Å². The fraction of sp³-hybridized carbons (Fsp3) is 0.609. The Morgan fingerprint density at radius 2 is 0.600 bits per heavy atom. The van der Waals surface area contributed by atoms with Gasteiger partial charge in [0.05, 0.1) is 38.3 Å². The molecule has 120 heavy (non-hydrogen) atoms. The van der Waals surface area contributed by atoms with Crippen molar-refractivity contribution in [1.29, 1.82) is 37.9 Å². The zero-order valence-corrected chi connectivity index (χ0v) is 67.6. The number of amides is 13. The van der Waals surface area contributed by atoms with Gasteiger partial charge in [-0.25, -0.2) is 4.79 Å². The molecule has 0 saturated heterocycles. The number of aliphatic hydroxyl groups is 1. The van der Waals surface area contributed by atoms with E-state index in [1.54, 1.807) is 44.2 Å². The molecule has 0 aliphatic carbocycles. The number of aliphatic carboxylic acids is 1. The van der Waals surface area contributed by atoms with Crippen molar-refractivity contribution in [3.63, 3.8) is 0 Å². The van der Waals surface area contributed by atoms with Gasteiger partial charge < -0.3 is 162 Å². The molecular formula is C69H125N35O16. The van der Waals surface area contributed by atoms with Gasteiger partial charge >= 0.3 is 5.97 Å².